The van der Waals surface area contributed by atoms with Gasteiger partial charge in [-0.3, -0.25) is 14.6 Å². The molecule has 13 heteroatoms. The number of aromatic nitrogens is 1. The molecule has 0 aliphatic rings. The lowest BCUT2D eigenvalue weighted by Crippen LogP contribution is -2.44. The van der Waals surface area contributed by atoms with Crippen LogP contribution in [0.4, 0.5) is 13.2 Å². The summed E-state index contributed by atoms with van der Waals surface area (Å²) in [5.41, 5.74) is 6.89. The average molecular weight is 617 g/mol. The van der Waals surface area contributed by atoms with Crippen molar-refractivity contribution in [1.82, 2.24) is 9.88 Å². The van der Waals surface area contributed by atoms with E-state index < -0.39 is 41.7 Å². The summed E-state index contributed by atoms with van der Waals surface area (Å²) in [6.07, 6.45) is -1.72. The first kappa shape index (κ1) is 35.3. The Morgan fingerprint density at radius 1 is 0.977 bits per heavy atom. The number of nitrogens with one attached hydrogen (secondary N) is 1. The second kappa shape index (κ2) is 17.2. The van der Waals surface area contributed by atoms with E-state index in [1.807, 2.05) is 60.7 Å². The number of benzene rings is 2. The molecular formula is C31H35F3N4O6. The predicted molar refractivity (Wildman–Crippen MR) is 158 cm³/mol. The van der Waals surface area contributed by atoms with E-state index in [0.29, 0.717) is 31.6 Å². The highest BCUT2D eigenvalue weighted by Gasteiger charge is 2.38. The van der Waals surface area contributed by atoms with Gasteiger partial charge in [-0.25, -0.2) is 9.59 Å². The lowest BCUT2D eigenvalue weighted by Gasteiger charge is -2.22. The molecule has 4 N–H and O–H groups in total. The first-order valence-electron chi connectivity index (χ1n) is 13.7. The number of hydrogen-bond donors (Lipinski definition) is 3. The van der Waals surface area contributed by atoms with Crippen LogP contribution < -0.4 is 16.6 Å². The molecule has 0 saturated heterocycles. The Kier molecular flexibility index (Phi) is 13.8. The van der Waals surface area contributed by atoms with Gasteiger partial charge >= 0.3 is 18.1 Å². The first-order valence-corrected chi connectivity index (χ1v) is 13.7. The number of alkyl halides is 3. The summed E-state index contributed by atoms with van der Waals surface area (Å²) >= 11 is 0. The minimum absolute atomic E-state index is 0.0444. The molecule has 0 spiro atoms. The minimum atomic E-state index is -5.08. The minimum Gasteiger partial charge on any atom is -0.475 e. The van der Waals surface area contributed by atoms with Gasteiger partial charge in [-0.2, -0.15) is 13.2 Å². The normalized spacial score (nSPS) is 12.1. The number of esters is 1. The quantitative estimate of drug-likeness (QED) is 0.119. The van der Waals surface area contributed by atoms with Gasteiger partial charge < -0.3 is 25.5 Å². The first-order chi connectivity index (χ1) is 20.9. The van der Waals surface area contributed by atoms with E-state index in [-0.39, 0.29) is 12.2 Å². The third-order valence-electron chi connectivity index (χ3n) is 6.11. The fourth-order valence-corrected chi connectivity index (χ4v) is 4.11. The average Bonchev–Trinajstić information content (AvgIpc) is 2.98. The Balaban J connectivity index is 0.000000860. The predicted octanol–water partition coefficient (Wildman–Crippen LogP) is 4.33. The van der Waals surface area contributed by atoms with Gasteiger partial charge in [0.25, 0.3) is 11.5 Å². The largest absolute Gasteiger partial charge is 0.490 e. The highest BCUT2D eigenvalue weighted by atomic mass is 19.4. The van der Waals surface area contributed by atoms with Crippen molar-refractivity contribution in [2.45, 2.75) is 51.4 Å². The van der Waals surface area contributed by atoms with Crippen molar-refractivity contribution in [1.29, 1.82) is 0 Å². The van der Waals surface area contributed by atoms with Crippen LogP contribution in [0.3, 0.4) is 0 Å². The monoisotopic (exact) mass is 616 g/mol. The number of carboxylic acids is 1. The van der Waals surface area contributed by atoms with Gasteiger partial charge in [0.05, 0.1) is 18.5 Å². The van der Waals surface area contributed by atoms with Gasteiger partial charge in [-0.15, -0.1) is 0 Å². The molecule has 1 amide bonds. The van der Waals surface area contributed by atoms with Crippen molar-refractivity contribution in [3.8, 4) is 0 Å². The summed E-state index contributed by atoms with van der Waals surface area (Å²) in [7, 11) is 0. The molecule has 0 saturated carbocycles. The second-order valence-corrected chi connectivity index (χ2v) is 9.46. The maximum Gasteiger partial charge on any atom is 0.490 e. The summed E-state index contributed by atoms with van der Waals surface area (Å²) in [5.74, 6) is -3.41. The van der Waals surface area contributed by atoms with Crippen LogP contribution in [-0.2, 0) is 14.3 Å². The summed E-state index contributed by atoms with van der Waals surface area (Å²) < 4.78 is 38.4. The van der Waals surface area contributed by atoms with Crippen LogP contribution in [0, 0.1) is 0 Å². The smallest absolute Gasteiger partial charge is 0.475 e. The van der Waals surface area contributed by atoms with Gasteiger partial charge in [0, 0.05) is 12.7 Å². The van der Waals surface area contributed by atoms with Crippen LogP contribution in [0.5, 0.6) is 0 Å². The molecule has 1 atom stereocenters. The number of hydrogen-bond acceptors (Lipinski definition) is 6. The van der Waals surface area contributed by atoms with Crippen LogP contribution in [0.15, 0.2) is 88.8 Å². The Morgan fingerprint density at radius 2 is 1.52 bits per heavy atom. The number of amides is 1. The zero-order valence-corrected chi connectivity index (χ0v) is 24.3. The molecule has 2 aromatic carbocycles. The molecule has 1 heterocycles. The number of rotatable bonds is 12. The Bertz CT molecular complexity index is 1420. The van der Waals surface area contributed by atoms with Gasteiger partial charge in [-0.1, -0.05) is 60.7 Å². The van der Waals surface area contributed by atoms with Crippen LogP contribution in [-0.4, -0.2) is 58.7 Å². The second-order valence-electron chi connectivity index (χ2n) is 9.46. The molecule has 0 aliphatic heterocycles. The SMILES string of the molecule is CCOC(=O)[C@H](CCCCN=C(C)N)NC(=O)c1cccn(C(c2ccccc2)c2ccccc2)c1=O.O=C(O)C(F)(F)F. The van der Waals surface area contributed by atoms with Gasteiger partial charge in [0.1, 0.15) is 11.6 Å². The Morgan fingerprint density at radius 3 is 2.00 bits per heavy atom. The number of aliphatic carboxylic acids is 1. The summed E-state index contributed by atoms with van der Waals surface area (Å²) in [4.78, 5) is 52.4. The number of pyridine rings is 1. The summed E-state index contributed by atoms with van der Waals surface area (Å²) in [6.45, 7) is 4.15. The van der Waals surface area contributed by atoms with Crippen molar-refractivity contribution in [3.05, 3.63) is 106 Å². The van der Waals surface area contributed by atoms with E-state index in [9.17, 15) is 27.6 Å². The number of unbranched alkanes of at least 4 members (excludes halogenated alkanes) is 1. The lowest BCUT2D eigenvalue weighted by molar-refractivity contribution is -0.192. The molecule has 44 heavy (non-hydrogen) atoms. The zero-order chi connectivity index (χ0) is 32.7. The van der Waals surface area contributed by atoms with Gasteiger partial charge in [0.15, 0.2) is 0 Å². The van der Waals surface area contributed by atoms with Crippen molar-refractivity contribution >= 4 is 23.7 Å². The van der Waals surface area contributed by atoms with Crippen LogP contribution in [0.25, 0.3) is 0 Å². The van der Waals surface area contributed by atoms with Crippen LogP contribution in [0.1, 0.15) is 60.6 Å². The molecule has 1 aromatic heterocycles. The fraction of sp³-hybridized carbons (Fsp3) is 0.323. The number of nitrogens with zero attached hydrogens (tertiary/aromatic N) is 2. The number of ether oxygens (including phenoxy) is 1. The zero-order valence-electron chi connectivity index (χ0n) is 24.3. The fourth-order valence-electron chi connectivity index (χ4n) is 4.11. The molecule has 0 bridgehead atoms. The van der Waals surface area contributed by atoms with Crippen LogP contribution >= 0.6 is 0 Å². The van der Waals surface area contributed by atoms with E-state index in [1.54, 1.807) is 30.7 Å². The highest BCUT2D eigenvalue weighted by molar-refractivity contribution is 5.96. The summed E-state index contributed by atoms with van der Waals surface area (Å²) in [6, 6.07) is 21.1. The molecule has 0 aliphatic carbocycles. The van der Waals surface area contributed by atoms with Crippen molar-refractivity contribution in [2.75, 3.05) is 13.2 Å². The van der Waals surface area contributed by atoms with E-state index in [0.717, 1.165) is 11.1 Å². The van der Waals surface area contributed by atoms with Crippen molar-refractivity contribution in [3.63, 3.8) is 0 Å². The Hall–Kier alpha value is -4.94. The van der Waals surface area contributed by atoms with E-state index in [2.05, 4.69) is 10.3 Å². The molecule has 236 valence electrons. The van der Waals surface area contributed by atoms with Crippen molar-refractivity contribution in [2.24, 2.45) is 10.7 Å². The molecule has 3 rings (SSSR count). The maximum absolute atomic E-state index is 13.6. The number of carboxylic acid groups (broad SMARTS) is 1. The van der Waals surface area contributed by atoms with E-state index in [4.69, 9.17) is 20.4 Å². The third-order valence-corrected chi connectivity index (χ3v) is 6.11. The number of carbonyl (C=O) groups excluding carboxylic acids is 2. The highest BCUT2D eigenvalue weighted by Crippen LogP contribution is 2.25. The van der Waals surface area contributed by atoms with Gasteiger partial charge in [-0.05, 0) is 56.4 Å². The molecular weight excluding hydrogens is 581 g/mol. The summed E-state index contributed by atoms with van der Waals surface area (Å²) in [5, 5.41) is 9.84. The third kappa shape index (κ3) is 11.0. The molecule has 0 radical (unpaired) electrons. The molecule has 3 aromatic rings. The molecule has 0 unspecified atom stereocenters. The molecule has 0 fully saturated rings. The molecule has 10 nitrogen and oxygen atoms in total. The number of aliphatic imine (C=N–C) groups is 1. The number of carbonyl (C=O) groups is 3. The topological polar surface area (TPSA) is 153 Å². The van der Waals surface area contributed by atoms with E-state index >= 15 is 0 Å². The lowest BCUT2D eigenvalue weighted by atomic mass is 9.98. The number of halogens is 3. The van der Waals surface area contributed by atoms with Crippen LogP contribution in [0.2, 0.25) is 0 Å². The maximum atomic E-state index is 13.6. The Labute approximate surface area is 252 Å². The van der Waals surface area contributed by atoms with Gasteiger partial charge in [0.2, 0.25) is 0 Å². The van der Waals surface area contributed by atoms with Crippen molar-refractivity contribution < 1.29 is 37.4 Å². The van der Waals surface area contributed by atoms with E-state index in [1.165, 1.54) is 6.07 Å². The standard InChI is InChI=1S/C29H34N4O4.C2HF3O2/c1-3-37-29(36)25(18-10-11-19-31-21(2)30)32-27(34)24-17-12-20-33(28(24)35)26(22-13-6-4-7-14-22)23-15-8-5-9-16-23;3-2(4,5)1(6)7/h4-9,12-17,20,25-26H,3,10-11,18-19H2,1-2H3,(H2,30,31)(H,32,34);(H,6,7)/t25-;/m0./s1. The number of nitrogens with two attached hydrogens (primary N) is 1. The number of amidine groups is 1.